The summed E-state index contributed by atoms with van der Waals surface area (Å²) in [6.07, 6.45) is 0. The first-order chi connectivity index (χ1) is 31.2. The zero-order chi connectivity index (χ0) is 41.4. The molecular weight excluding hydrogens is 787 g/mol. The van der Waals surface area contributed by atoms with E-state index in [-0.39, 0.29) is 0 Å². The van der Waals surface area contributed by atoms with Crippen molar-refractivity contribution >= 4 is 75.1 Å². The van der Waals surface area contributed by atoms with Crippen LogP contribution in [0.15, 0.2) is 212 Å². The van der Waals surface area contributed by atoms with Gasteiger partial charge in [0, 0.05) is 58.4 Å². The summed E-state index contributed by atoms with van der Waals surface area (Å²) in [6.45, 7) is 0. The summed E-state index contributed by atoms with van der Waals surface area (Å²) in [4.78, 5) is 15.8. The van der Waals surface area contributed by atoms with Gasteiger partial charge < -0.3 is 4.57 Å². The molecule has 0 spiro atoms. The molecule has 5 nitrogen and oxygen atoms in total. The van der Waals surface area contributed by atoms with E-state index in [0.29, 0.717) is 17.6 Å². The zero-order valence-corrected chi connectivity index (χ0v) is 34.7. The zero-order valence-electron chi connectivity index (χ0n) is 33.9. The largest absolute Gasteiger partial charge is 0.309 e. The Hall–Kier alpha value is -8.19. The van der Waals surface area contributed by atoms with Gasteiger partial charge in [-0.2, -0.15) is 9.97 Å². The van der Waals surface area contributed by atoms with E-state index in [1.165, 1.54) is 47.8 Å². The molecule has 4 aromatic heterocycles. The third-order valence-corrected chi connectivity index (χ3v) is 13.5. The lowest BCUT2D eigenvalue weighted by molar-refractivity contribution is 0.954. The number of benzene rings is 9. The van der Waals surface area contributed by atoms with Gasteiger partial charge in [0.2, 0.25) is 5.95 Å². The number of fused-ring (bicyclic) bond motifs is 9. The lowest BCUT2D eigenvalue weighted by atomic mass is 9.98. The molecule has 0 aliphatic carbocycles. The lowest BCUT2D eigenvalue weighted by Crippen LogP contribution is -2.06. The van der Waals surface area contributed by atoms with Crippen LogP contribution in [0.2, 0.25) is 0 Å². The van der Waals surface area contributed by atoms with Crippen LogP contribution in [0.3, 0.4) is 0 Å². The fourth-order valence-corrected chi connectivity index (χ4v) is 10.6. The quantitative estimate of drug-likeness (QED) is 0.168. The van der Waals surface area contributed by atoms with E-state index in [9.17, 15) is 0 Å². The Morgan fingerprint density at radius 3 is 1.52 bits per heavy atom. The average molecular weight is 822 g/mol. The van der Waals surface area contributed by atoms with Gasteiger partial charge in [0.25, 0.3) is 0 Å². The number of hydrogen-bond acceptors (Lipinski definition) is 4. The van der Waals surface area contributed by atoms with E-state index in [4.69, 9.17) is 15.0 Å². The molecule has 63 heavy (non-hydrogen) atoms. The summed E-state index contributed by atoms with van der Waals surface area (Å²) in [7, 11) is 0. The van der Waals surface area contributed by atoms with Crippen molar-refractivity contribution in [2.45, 2.75) is 0 Å². The highest BCUT2D eigenvalue weighted by Crippen LogP contribution is 2.43. The number of para-hydroxylation sites is 2. The third kappa shape index (κ3) is 5.73. The molecule has 0 saturated carbocycles. The van der Waals surface area contributed by atoms with Crippen molar-refractivity contribution in [2.24, 2.45) is 0 Å². The maximum atomic E-state index is 5.36. The molecule has 4 heterocycles. The molecule has 0 bridgehead atoms. The van der Waals surface area contributed by atoms with Crippen molar-refractivity contribution in [3.05, 3.63) is 212 Å². The molecule has 0 aliphatic rings. The maximum Gasteiger partial charge on any atom is 0.238 e. The average Bonchev–Trinajstić information content (AvgIpc) is 4.01. The maximum absolute atomic E-state index is 5.36. The number of rotatable bonds is 6. The fourth-order valence-electron chi connectivity index (χ4n) is 9.47. The van der Waals surface area contributed by atoms with Crippen LogP contribution < -0.4 is 0 Å². The summed E-state index contributed by atoms with van der Waals surface area (Å²) in [6, 6.07) is 75.8. The highest BCUT2D eigenvalue weighted by atomic mass is 32.1. The van der Waals surface area contributed by atoms with Gasteiger partial charge in [-0.15, -0.1) is 11.3 Å². The lowest BCUT2D eigenvalue weighted by Gasteiger charge is -2.16. The number of nitrogens with zero attached hydrogens (tertiary/aromatic N) is 5. The van der Waals surface area contributed by atoms with Crippen LogP contribution in [-0.4, -0.2) is 24.1 Å². The van der Waals surface area contributed by atoms with E-state index < -0.39 is 0 Å². The predicted molar refractivity (Wildman–Crippen MR) is 263 cm³/mol. The second-order valence-corrected chi connectivity index (χ2v) is 17.1. The Morgan fingerprint density at radius 2 is 0.825 bits per heavy atom. The van der Waals surface area contributed by atoms with Crippen molar-refractivity contribution in [3.63, 3.8) is 0 Å². The minimum atomic E-state index is 0.574. The predicted octanol–water partition coefficient (Wildman–Crippen LogP) is 15.1. The van der Waals surface area contributed by atoms with Crippen molar-refractivity contribution in [3.8, 4) is 56.7 Å². The van der Waals surface area contributed by atoms with Crippen LogP contribution in [0, 0.1) is 0 Å². The number of aromatic nitrogens is 5. The summed E-state index contributed by atoms with van der Waals surface area (Å²) in [5.74, 6) is 1.83. The van der Waals surface area contributed by atoms with Crippen LogP contribution >= 0.6 is 11.3 Å². The third-order valence-electron chi connectivity index (χ3n) is 12.4. The first-order valence-corrected chi connectivity index (χ1v) is 22.0. The Bertz CT molecular complexity index is 3900. The molecule has 0 aliphatic heterocycles. The van der Waals surface area contributed by atoms with E-state index in [2.05, 4.69) is 203 Å². The van der Waals surface area contributed by atoms with Crippen molar-refractivity contribution in [1.29, 1.82) is 0 Å². The van der Waals surface area contributed by atoms with Crippen LogP contribution in [-0.2, 0) is 0 Å². The molecule has 0 atom stereocenters. The smallest absolute Gasteiger partial charge is 0.238 e. The minimum absolute atomic E-state index is 0.574. The molecule has 294 valence electrons. The summed E-state index contributed by atoms with van der Waals surface area (Å²) in [5.41, 5.74) is 12.0. The van der Waals surface area contributed by atoms with Gasteiger partial charge >= 0.3 is 0 Å². The first-order valence-electron chi connectivity index (χ1n) is 21.2. The van der Waals surface area contributed by atoms with Crippen LogP contribution in [0.5, 0.6) is 0 Å². The number of hydrogen-bond donors (Lipinski definition) is 0. The Balaban J connectivity index is 1.09. The van der Waals surface area contributed by atoms with Gasteiger partial charge in [0.05, 0.1) is 27.8 Å². The Kier molecular flexibility index (Phi) is 8.01. The fraction of sp³-hybridized carbons (Fsp3) is 0. The minimum Gasteiger partial charge on any atom is -0.309 e. The van der Waals surface area contributed by atoms with Crippen LogP contribution in [0.1, 0.15) is 0 Å². The van der Waals surface area contributed by atoms with Gasteiger partial charge in [-0.1, -0.05) is 158 Å². The molecule has 13 rings (SSSR count). The van der Waals surface area contributed by atoms with E-state index in [1.54, 1.807) is 0 Å². The molecule has 6 heteroatoms. The van der Waals surface area contributed by atoms with Gasteiger partial charge in [0.15, 0.2) is 11.6 Å². The Morgan fingerprint density at radius 1 is 0.302 bits per heavy atom. The molecule has 0 fully saturated rings. The second kappa shape index (κ2) is 14.2. The standard InChI is InChI=1S/C57H35N5S/c1-4-16-36(17-5-1)39-28-30-41(37-18-6-2-7-19-37)50(33-39)61-48-25-13-10-22-42(48)45-35-52-46(34-51(45)61)43-23-11-14-26-49(43)62(52)57-59-55(38-20-8-3-9-21-38)58-56(60-57)40-29-31-54-47(32-40)44-24-12-15-27-53(44)63-54/h1-35H. The van der Waals surface area contributed by atoms with E-state index in [0.717, 1.165) is 55.0 Å². The van der Waals surface area contributed by atoms with Gasteiger partial charge in [-0.05, 0) is 71.3 Å². The molecular formula is C57H35N5S. The van der Waals surface area contributed by atoms with Crippen LogP contribution in [0.4, 0.5) is 0 Å². The van der Waals surface area contributed by atoms with Gasteiger partial charge in [0.1, 0.15) is 0 Å². The van der Waals surface area contributed by atoms with E-state index >= 15 is 0 Å². The molecule has 0 radical (unpaired) electrons. The van der Waals surface area contributed by atoms with Crippen molar-refractivity contribution in [2.75, 3.05) is 0 Å². The highest BCUT2D eigenvalue weighted by molar-refractivity contribution is 7.25. The number of thiophene rings is 1. The molecule has 0 amide bonds. The van der Waals surface area contributed by atoms with Crippen molar-refractivity contribution < 1.29 is 0 Å². The molecule has 9 aromatic carbocycles. The topological polar surface area (TPSA) is 48.5 Å². The summed E-state index contributed by atoms with van der Waals surface area (Å²) < 4.78 is 7.21. The molecule has 0 unspecified atom stereocenters. The SMILES string of the molecule is c1ccc(-c2ccc(-c3ccccc3)c(-n3c4ccccc4c4cc5c(cc43)c3ccccc3n5-c3nc(-c4ccccc4)nc(-c4ccc5sc6ccccc6c5c4)n3)c2)cc1. The highest BCUT2D eigenvalue weighted by Gasteiger charge is 2.23. The van der Waals surface area contributed by atoms with E-state index in [1.807, 2.05) is 29.5 Å². The first kappa shape index (κ1) is 35.6. The van der Waals surface area contributed by atoms with Crippen molar-refractivity contribution in [1.82, 2.24) is 24.1 Å². The molecule has 0 N–H and O–H groups in total. The summed E-state index contributed by atoms with van der Waals surface area (Å²) in [5, 5.41) is 7.02. The summed E-state index contributed by atoms with van der Waals surface area (Å²) >= 11 is 1.81. The second-order valence-electron chi connectivity index (χ2n) is 16.0. The van der Waals surface area contributed by atoms with Gasteiger partial charge in [-0.3, -0.25) is 4.57 Å². The van der Waals surface area contributed by atoms with Gasteiger partial charge in [-0.25, -0.2) is 4.98 Å². The molecule has 13 aromatic rings. The monoisotopic (exact) mass is 821 g/mol. The Labute approximate surface area is 366 Å². The van der Waals surface area contributed by atoms with Crippen LogP contribution in [0.25, 0.3) is 120 Å². The normalized spacial score (nSPS) is 11.8. The molecule has 0 saturated heterocycles.